The van der Waals surface area contributed by atoms with Gasteiger partial charge in [-0.1, -0.05) is 23.2 Å². The summed E-state index contributed by atoms with van der Waals surface area (Å²) >= 11 is 12.0. The van der Waals surface area contributed by atoms with Crippen molar-refractivity contribution in [3.8, 4) is 0 Å². The smallest absolute Gasteiger partial charge is 0.207 e. The van der Waals surface area contributed by atoms with Gasteiger partial charge in [0.25, 0.3) is 0 Å². The van der Waals surface area contributed by atoms with E-state index in [0.29, 0.717) is 16.1 Å². The summed E-state index contributed by atoms with van der Waals surface area (Å²) in [7, 11) is 0. The molecule has 1 aromatic heterocycles. The van der Waals surface area contributed by atoms with Gasteiger partial charge >= 0.3 is 0 Å². The normalized spacial score (nSPS) is 14.8. The fourth-order valence-corrected chi connectivity index (χ4v) is 2.41. The van der Waals surface area contributed by atoms with Crippen molar-refractivity contribution in [3.05, 3.63) is 40.1 Å². The Labute approximate surface area is 116 Å². The number of aryl methyl sites for hydroxylation is 1. The number of aromatic nitrogens is 2. The summed E-state index contributed by atoms with van der Waals surface area (Å²) in [4.78, 5) is 4.49. The van der Waals surface area contributed by atoms with Crippen LogP contribution in [0.15, 0.2) is 24.4 Å². The summed E-state index contributed by atoms with van der Waals surface area (Å²) in [5, 5.41) is 4.51. The highest BCUT2D eigenvalue weighted by molar-refractivity contribution is 6.36. The number of nitrogens with zero attached hydrogens (tertiary/aromatic N) is 2. The molecule has 0 bridgehead atoms. The van der Waals surface area contributed by atoms with E-state index < -0.39 is 0 Å². The van der Waals surface area contributed by atoms with Crippen molar-refractivity contribution in [2.45, 2.75) is 25.8 Å². The Kier molecular flexibility index (Phi) is 2.96. The molecule has 5 heteroatoms. The predicted octanol–water partition coefficient (Wildman–Crippen LogP) is 4.58. The lowest BCUT2D eigenvalue weighted by atomic mass is 10.3. The summed E-state index contributed by atoms with van der Waals surface area (Å²) in [6.07, 6.45) is 4.52. The van der Waals surface area contributed by atoms with Crippen LogP contribution in [0, 0.1) is 6.92 Å². The van der Waals surface area contributed by atoms with Gasteiger partial charge in [0.1, 0.15) is 0 Å². The van der Waals surface area contributed by atoms with Gasteiger partial charge in [-0.25, -0.2) is 4.98 Å². The van der Waals surface area contributed by atoms with Gasteiger partial charge in [-0.05, 0) is 38.0 Å². The van der Waals surface area contributed by atoms with Gasteiger partial charge in [0.05, 0.1) is 16.4 Å². The fourth-order valence-electron chi connectivity index (χ4n) is 1.95. The number of benzene rings is 1. The highest BCUT2D eigenvalue weighted by Gasteiger charge is 2.26. The number of hydrogen-bond donors (Lipinski definition) is 1. The molecule has 1 N–H and O–H groups in total. The van der Waals surface area contributed by atoms with Crippen molar-refractivity contribution in [1.82, 2.24) is 9.55 Å². The van der Waals surface area contributed by atoms with Crippen molar-refractivity contribution in [2.75, 3.05) is 5.32 Å². The number of anilines is 2. The number of imidazole rings is 1. The van der Waals surface area contributed by atoms with E-state index in [2.05, 4.69) is 21.1 Å². The summed E-state index contributed by atoms with van der Waals surface area (Å²) in [5.74, 6) is 0.847. The van der Waals surface area contributed by atoms with Crippen LogP contribution in [0.4, 0.5) is 11.6 Å². The molecular formula is C13H13Cl2N3. The quantitative estimate of drug-likeness (QED) is 0.893. The van der Waals surface area contributed by atoms with Gasteiger partial charge in [0.15, 0.2) is 0 Å². The Morgan fingerprint density at radius 1 is 1.33 bits per heavy atom. The van der Waals surface area contributed by atoms with Gasteiger partial charge in [-0.2, -0.15) is 0 Å². The molecular weight excluding hydrogens is 269 g/mol. The minimum absolute atomic E-state index is 0.583. The summed E-state index contributed by atoms with van der Waals surface area (Å²) in [5.41, 5.74) is 1.84. The van der Waals surface area contributed by atoms with Crippen LogP contribution < -0.4 is 5.32 Å². The molecule has 18 heavy (non-hydrogen) atoms. The van der Waals surface area contributed by atoms with E-state index in [0.717, 1.165) is 17.3 Å². The minimum Gasteiger partial charge on any atom is -0.324 e. The zero-order valence-corrected chi connectivity index (χ0v) is 11.5. The van der Waals surface area contributed by atoms with Crippen LogP contribution in [0.25, 0.3) is 0 Å². The molecule has 0 aliphatic heterocycles. The van der Waals surface area contributed by atoms with E-state index >= 15 is 0 Å². The average molecular weight is 282 g/mol. The van der Waals surface area contributed by atoms with Crippen LogP contribution in [0.1, 0.15) is 24.6 Å². The first-order valence-corrected chi connectivity index (χ1v) is 6.66. The lowest BCUT2D eigenvalue weighted by Crippen LogP contribution is -2.01. The third-order valence-electron chi connectivity index (χ3n) is 2.97. The molecule has 3 nitrogen and oxygen atoms in total. The molecule has 94 valence electrons. The molecule has 1 aliphatic carbocycles. The van der Waals surface area contributed by atoms with Crippen LogP contribution in [-0.2, 0) is 0 Å². The van der Waals surface area contributed by atoms with Crippen molar-refractivity contribution in [2.24, 2.45) is 0 Å². The maximum absolute atomic E-state index is 6.15. The Morgan fingerprint density at radius 2 is 2.11 bits per heavy atom. The van der Waals surface area contributed by atoms with Crippen LogP contribution >= 0.6 is 23.2 Å². The monoisotopic (exact) mass is 281 g/mol. The molecule has 0 radical (unpaired) electrons. The Hall–Kier alpha value is -1.19. The highest BCUT2D eigenvalue weighted by atomic mass is 35.5. The van der Waals surface area contributed by atoms with E-state index in [9.17, 15) is 0 Å². The predicted molar refractivity (Wildman–Crippen MR) is 75.0 cm³/mol. The van der Waals surface area contributed by atoms with Crippen LogP contribution in [0.2, 0.25) is 10.0 Å². The summed E-state index contributed by atoms with van der Waals surface area (Å²) in [6.45, 7) is 1.99. The van der Waals surface area contributed by atoms with E-state index in [1.165, 1.54) is 12.8 Å². The molecule has 1 aliphatic rings. The number of rotatable bonds is 3. The van der Waals surface area contributed by atoms with Crippen LogP contribution in [-0.4, -0.2) is 9.55 Å². The average Bonchev–Trinajstić information content (AvgIpc) is 3.08. The Bertz CT molecular complexity index is 588. The summed E-state index contributed by atoms with van der Waals surface area (Å²) in [6, 6.07) is 5.99. The molecule has 1 fully saturated rings. The minimum atomic E-state index is 0.583. The molecule has 3 rings (SSSR count). The zero-order chi connectivity index (χ0) is 12.7. The first-order chi connectivity index (χ1) is 8.63. The van der Waals surface area contributed by atoms with E-state index in [4.69, 9.17) is 23.2 Å². The maximum atomic E-state index is 6.15. The molecule has 0 amide bonds. The molecule has 0 unspecified atom stereocenters. The standard InChI is InChI=1S/C13H13Cl2N3/c1-8-7-18(10-3-4-10)13(16-8)17-12-5-2-9(14)6-11(12)15/h2,5-7,10H,3-4H2,1H3,(H,16,17). The van der Waals surface area contributed by atoms with Crippen LogP contribution in [0.3, 0.4) is 0 Å². The highest BCUT2D eigenvalue weighted by Crippen LogP contribution is 2.38. The van der Waals surface area contributed by atoms with Gasteiger partial charge in [0.2, 0.25) is 5.95 Å². The van der Waals surface area contributed by atoms with E-state index in [-0.39, 0.29) is 0 Å². The number of halogens is 2. The van der Waals surface area contributed by atoms with Gasteiger partial charge < -0.3 is 9.88 Å². The lowest BCUT2D eigenvalue weighted by Gasteiger charge is -2.10. The molecule has 1 heterocycles. The third-order valence-corrected chi connectivity index (χ3v) is 3.52. The van der Waals surface area contributed by atoms with Gasteiger partial charge in [0, 0.05) is 17.3 Å². The van der Waals surface area contributed by atoms with E-state index in [1.54, 1.807) is 6.07 Å². The second-order valence-corrected chi connectivity index (χ2v) is 5.44. The first kappa shape index (κ1) is 11.9. The molecule has 0 spiro atoms. The molecule has 2 aromatic rings. The second kappa shape index (κ2) is 4.48. The Balaban J connectivity index is 1.91. The van der Waals surface area contributed by atoms with Crippen molar-refractivity contribution >= 4 is 34.8 Å². The molecule has 0 atom stereocenters. The first-order valence-electron chi connectivity index (χ1n) is 5.91. The third kappa shape index (κ3) is 2.33. The zero-order valence-electron chi connectivity index (χ0n) is 9.95. The molecule has 1 aromatic carbocycles. The lowest BCUT2D eigenvalue weighted by molar-refractivity contribution is 0.750. The van der Waals surface area contributed by atoms with Crippen molar-refractivity contribution < 1.29 is 0 Å². The number of hydrogen-bond acceptors (Lipinski definition) is 2. The van der Waals surface area contributed by atoms with Gasteiger partial charge in [-0.15, -0.1) is 0 Å². The summed E-state index contributed by atoms with van der Waals surface area (Å²) < 4.78 is 2.18. The fraction of sp³-hybridized carbons (Fsp3) is 0.308. The van der Waals surface area contributed by atoms with Gasteiger partial charge in [-0.3, -0.25) is 0 Å². The molecule has 0 saturated heterocycles. The number of nitrogens with one attached hydrogen (secondary N) is 1. The maximum Gasteiger partial charge on any atom is 0.207 e. The van der Waals surface area contributed by atoms with E-state index in [1.807, 2.05) is 19.1 Å². The Morgan fingerprint density at radius 3 is 2.78 bits per heavy atom. The van der Waals surface area contributed by atoms with Crippen molar-refractivity contribution in [1.29, 1.82) is 0 Å². The molecule has 1 saturated carbocycles. The SMILES string of the molecule is Cc1cn(C2CC2)c(Nc2ccc(Cl)cc2Cl)n1. The largest absolute Gasteiger partial charge is 0.324 e. The van der Waals surface area contributed by atoms with Crippen LogP contribution in [0.5, 0.6) is 0 Å². The second-order valence-electron chi connectivity index (χ2n) is 4.59. The van der Waals surface area contributed by atoms with Crippen molar-refractivity contribution in [3.63, 3.8) is 0 Å². The topological polar surface area (TPSA) is 29.9 Å².